The molecule has 3 aromatic rings. The zero-order valence-corrected chi connectivity index (χ0v) is 38.5. The number of ether oxygens (including phenoxy) is 2. The van der Waals surface area contributed by atoms with Crippen LogP contribution in [0.1, 0.15) is 99.4 Å². The van der Waals surface area contributed by atoms with Gasteiger partial charge in [-0.05, 0) is 87.8 Å². The van der Waals surface area contributed by atoms with Gasteiger partial charge in [0.05, 0.1) is 36.7 Å². The Morgan fingerprint density at radius 2 is 1.48 bits per heavy atom. The summed E-state index contributed by atoms with van der Waals surface area (Å²) in [6, 6.07) is 9.47. The lowest BCUT2D eigenvalue weighted by Gasteiger charge is -2.32. The second-order valence-electron chi connectivity index (χ2n) is 17.1. The van der Waals surface area contributed by atoms with E-state index in [0.29, 0.717) is 72.0 Å². The summed E-state index contributed by atoms with van der Waals surface area (Å²) in [6.45, 7) is 6.26. The Morgan fingerprint density at radius 3 is 2.18 bits per heavy atom. The fraction of sp³-hybridized carbons (Fsp3) is 0.438. The number of imide groups is 1. The van der Waals surface area contributed by atoms with Crippen LogP contribution >= 0.6 is 0 Å². The van der Waals surface area contributed by atoms with Crippen LogP contribution in [0, 0.1) is 5.92 Å². The molecule has 1 fully saturated rings. The summed E-state index contributed by atoms with van der Waals surface area (Å²) < 4.78 is 13.1. The van der Waals surface area contributed by atoms with E-state index in [2.05, 4.69) is 31.6 Å². The van der Waals surface area contributed by atoms with Gasteiger partial charge >= 0.3 is 0 Å². The highest BCUT2D eigenvalue weighted by Gasteiger charge is 2.32. The normalized spacial score (nSPS) is 16.1. The van der Waals surface area contributed by atoms with Crippen molar-refractivity contribution in [3.8, 4) is 11.5 Å². The SMILES string of the molecule is COc1cc2c(cc1OCCCC(=O)Nc1cc(C(=O)Nc3ccc(NC(=O)[C@H](C)NC(=O)[C@@H](NC(=O)CCCCCN4C(=O)C=CC4=O)C(C)C)cc3)n(C)c1)N=C[C@@H]1CCCCN1C2=O. The van der Waals surface area contributed by atoms with E-state index >= 15 is 0 Å². The van der Waals surface area contributed by atoms with E-state index in [1.165, 1.54) is 26.2 Å². The number of carbonyl (C=O) groups is 8. The van der Waals surface area contributed by atoms with Crippen LogP contribution in [-0.2, 0) is 35.8 Å². The predicted molar refractivity (Wildman–Crippen MR) is 250 cm³/mol. The predicted octanol–water partition coefficient (Wildman–Crippen LogP) is 4.86. The number of unbranched alkanes of at least 4 members (excludes halogenated alkanes) is 2. The van der Waals surface area contributed by atoms with Gasteiger partial charge in [-0.2, -0.15) is 0 Å². The van der Waals surface area contributed by atoms with Gasteiger partial charge in [0.1, 0.15) is 17.8 Å². The second-order valence-corrected chi connectivity index (χ2v) is 17.1. The fourth-order valence-electron chi connectivity index (χ4n) is 7.90. The van der Waals surface area contributed by atoms with E-state index < -0.39 is 29.8 Å². The van der Waals surface area contributed by atoms with E-state index in [9.17, 15) is 38.4 Å². The Kier molecular flexibility index (Phi) is 16.7. The molecule has 0 bridgehead atoms. The number of aromatic nitrogens is 1. The minimum Gasteiger partial charge on any atom is -0.493 e. The van der Waals surface area contributed by atoms with Gasteiger partial charge in [-0.15, -0.1) is 0 Å². The van der Waals surface area contributed by atoms with Gasteiger partial charge in [-0.25, -0.2) is 0 Å². The van der Waals surface area contributed by atoms with Crippen LogP contribution in [0.25, 0.3) is 0 Å². The minimum absolute atomic E-state index is 0.0290. The maximum Gasteiger partial charge on any atom is 0.272 e. The Hall–Kier alpha value is -7.31. The first-order chi connectivity index (χ1) is 32.1. The van der Waals surface area contributed by atoms with Crippen LogP contribution in [-0.4, -0.2) is 113 Å². The van der Waals surface area contributed by atoms with Crippen molar-refractivity contribution in [1.29, 1.82) is 0 Å². The number of piperidine rings is 1. The fourth-order valence-corrected chi connectivity index (χ4v) is 7.90. The van der Waals surface area contributed by atoms with Gasteiger partial charge in [0, 0.05) is 75.0 Å². The van der Waals surface area contributed by atoms with Crippen molar-refractivity contribution in [2.45, 2.75) is 96.7 Å². The van der Waals surface area contributed by atoms with Crippen LogP contribution in [0.3, 0.4) is 0 Å². The molecular weight excluding hydrogens is 863 g/mol. The van der Waals surface area contributed by atoms with Gasteiger partial charge in [-0.1, -0.05) is 20.3 Å². The number of carbonyl (C=O) groups excluding carboxylic acids is 8. The quantitative estimate of drug-likeness (QED) is 0.0718. The van der Waals surface area contributed by atoms with Gasteiger partial charge in [0.15, 0.2) is 11.5 Å². The third kappa shape index (κ3) is 12.9. The topological polar surface area (TPSA) is 239 Å². The molecule has 8 amide bonds. The molecule has 4 heterocycles. The van der Waals surface area contributed by atoms with Crippen molar-refractivity contribution >= 4 is 76.2 Å². The number of amides is 8. The molecular formula is C48H59N9O10. The molecule has 67 heavy (non-hydrogen) atoms. The highest BCUT2D eigenvalue weighted by atomic mass is 16.5. The van der Waals surface area contributed by atoms with E-state index in [1.54, 1.807) is 74.1 Å². The van der Waals surface area contributed by atoms with Crippen molar-refractivity contribution in [3.05, 3.63) is 72.1 Å². The first kappa shape index (κ1) is 49.1. The third-order valence-electron chi connectivity index (χ3n) is 11.6. The smallest absolute Gasteiger partial charge is 0.272 e. The molecule has 0 aliphatic carbocycles. The summed E-state index contributed by atoms with van der Waals surface area (Å²) in [7, 11) is 3.19. The number of aliphatic imine (C=N–C) groups is 1. The monoisotopic (exact) mass is 921 g/mol. The summed E-state index contributed by atoms with van der Waals surface area (Å²) in [5.41, 5.74) is 2.56. The van der Waals surface area contributed by atoms with Crippen LogP contribution in [0.5, 0.6) is 11.5 Å². The zero-order chi connectivity index (χ0) is 48.2. The number of nitrogens with one attached hydrogen (secondary N) is 5. The Bertz CT molecular complexity index is 2410. The van der Waals surface area contributed by atoms with Gasteiger partial charge in [0.25, 0.3) is 23.6 Å². The van der Waals surface area contributed by atoms with Crippen molar-refractivity contribution in [2.75, 3.05) is 42.8 Å². The lowest BCUT2D eigenvalue weighted by atomic mass is 10.0. The average Bonchev–Trinajstić information content (AvgIpc) is 3.79. The first-order valence-electron chi connectivity index (χ1n) is 22.6. The van der Waals surface area contributed by atoms with Crippen molar-refractivity contribution in [2.24, 2.45) is 18.0 Å². The number of nitrogens with zero attached hydrogens (tertiary/aromatic N) is 4. The molecule has 1 saturated heterocycles. The van der Waals surface area contributed by atoms with Gasteiger partial charge < -0.3 is 45.5 Å². The van der Waals surface area contributed by atoms with Crippen LogP contribution in [0.2, 0.25) is 0 Å². The largest absolute Gasteiger partial charge is 0.493 e. The molecule has 2 aromatic carbocycles. The second kappa shape index (κ2) is 22.7. The molecule has 0 saturated carbocycles. The van der Waals surface area contributed by atoms with E-state index in [1.807, 2.05) is 11.1 Å². The molecule has 19 nitrogen and oxygen atoms in total. The van der Waals surface area contributed by atoms with Crippen LogP contribution in [0.15, 0.2) is 65.8 Å². The number of hydrogen-bond acceptors (Lipinski definition) is 11. The number of rotatable bonds is 21. The maximum absolute atomic E-state index is 13.3. The summed E-state index contributed by atoms with van der Waals surface area (Å²) in [5.74, 6) is -2.23. The van der Waals surface area contributed by atoms with E-state index in [4.69, 9.17) is 9.47 Å². The van der Waals surface area contributed by atoms with Gasteiger partial charge in [0.2, 0.25) is 23.6 Å². The van der Waals surface area contributed by atoms with Gasteiger partial charge in [-0.3, -0.25) is 48.2 Å². The molecule has 3 aliphatic heterocycles. The summed E-state index contributed by atoms with van der Waals surface area (Å²) in [4.78, 5) is 109. The molecule has 0 radical (unpaired) electrons. The lowest BCUT2D eigenvalue weighted by molar-refractivity contribution is -0.137. The molecule has 6 rings (SSSR count). The van der Waals surface area contributed by atoms with Crippen LogP contribution in [0.4, 0.5) is 22.7 Å². The highest BCUT2D eigenvalue weighted by Crippen LogP contribution is 2.38. The summed E-state index contributed by atoms with van der Waals surface area (Å²) >= 11 is 0. The standard InChI is InChI=1S/C48H59N9O10/c1-29(2)44(54-41(59)13-7-6-9-22-57-42(60)19-20-43(57)61)47(64)50-30(3)45(62)52-31-15-17-32(18-16-31)53-46(63)37-24-33(28-55(37)4)51-40(58)14-11-23-67-39-26-36-35(25-38(39)66-5)48(65)56-21-10-8-12-34(56)27-49-36/h15-20,24-30,34,44H,6-14,21-23H2,1-5H3,(H,50,64)(H,51,58)(H,52,62)(H,53,63)(H,54,59)/t30-,34-,44-/m0/s1. The average molecular weight is 922 g/mol. The maximum atomic E-state index is 13.3. The number of fused-ring (bicyclic) bond motifs is 2. The summed E-state index contributed by atoms with van der Waals surface area (Å²) in [6.07, 6.45) is 11.1. The molecule has 5 N–H and O–H groups in total. The Labute approximate surface area is 389 Å². The Balaban J connectivity index is 0.904. The molecule has 356 valence electrons. The molecule has 3 atom stereocenters. The highest BCUT2D eigenvalue weighted by molar-refractivity contribution is 6.13. The number of anilines is 3. The first-order valence-corrected chi connectivity index (χ1v) is 22.6. The van der Waals surface area contributed by atoms with E-state index in [0.717, 1.165) is 24.2 Å². The van der Waals surface area contributed by atoms with E-state index in [-0.39, 0.29) is 73.2 Å². The molecule has 0 spiro atoms. The number of methoxy groups -OCH3 is 1. The van der Waals surface area contributed by atoms with Crippen molar-refractivity contribution < 1.29 is 47.8 Å². The van der Waals surface area contributed by atoms with Crippen molar-refractivity contribution in [3.63, 3.8) is 0 Å². The molecule has 3 aliphatic rings. The number of benzene rings is 2. The number of hydrogen-bond donors (Lipinski definition) is 5. The Morgan fingerprint density at radius 1 is 0.776 bits per heavy atom. The van der Waals surface area contributed by atoms with Crippen LogP contribution < -0.4 is 36.1 Å². The molecule has 19 heteroatoms. The van der Waals surface area contributed by atoms with Crippen molar-refractivity contribution in [1.82, 2.24) is 25.0 Å². The summed E-state index contributed by atoms with van der Waals surface area (Å²) in [5, 5.41) is 13.8. The minimum atomic E-state index is -0.947. The molecule has 0 unspecified atom stereocenters. The zero-order valence-electron chi connectivity index (χ0n) is 38.5. The third-order valence-corrected chi connectivity index (χ3v) is 11.6. The number of aryl methyl sites for hydroxylation is 1. The lowest BCUT2D eigenvalue weighted by Crippen LogP contribution is -2.53. The molecule has 1 aromatic heterocycles.